The predicted octanol–water partition coefficient (Wildman–Crippen LogP) is 3.19. The molecule has 0 unspecified atom stereocenters. The molecule has 2 heterocycles. The lowest BCUT2D eigenvalue weighted by Crippen LogP contribution is -2.59. The van der Waals surface area contributed by atoms with Crippen LogP contribution in [-0.2, 0) is 16.1 Å². The van der Waals surface area contributed by atoms with Crippen LogP contribution in [0.25, 0.3) is 0 Å². The summed E-state index contributed by atoms with van der Waals surface area (Å²) in [5.41, 5.74) is 2.05. The van der Waals surface area contributed by atoms with Crippen molar-refractivity contribution < 1.29 is 32.6 Å². The summed E-state index contributed by atoms with van der Waals surface area (Å²) in [6.45, 7) is 0.516. The van der Waals surface area contributed by atoms with Gasteiger partial charge in [-0.1, -0.05) is 42.5 Å². The zero-order valence-electron chi connectivity index (χ0n) is 20.7. The van der Waals surface area contributed by atoms with Crippen molar-refractivity contribution in [2.45, 2.75) is 32.9 Å². The van der Waals surface area contributed by atoms with Crippen LogP contribution in [-0.4, -0.2) is 52.9 Å². The lowest BCUT2D eigenvalue weighted by atomic mass is 9.82. The van der Waals surface area contributed by atoms with E-state index >= 15 is 0 Å². The van der Waals surface area contributed by atoms with Gasteiger partial charge in [-0.05, 0) is 23.3 Å². The molecule has 194 valence electrons. The highest BCUT2D eigenvalue weighted by molar-refractivity contribution is 6.16. The Balaban J connectivity index is 1.97. The number of amides is 4. The fraction of sp³-hybridized carbons (Fsp3) is 0.308. The van der Waals surface area contributed by atoms with Gasteiger partial charge in [0.15, 0.2) is 0 Å². The minimum absolute atomic E-state index is 0.0656. The van der Waals surface area contributed by atoms with Crippen LogP contribution in [0.1, 0.15) is 34.3 Å². The Morgan fingerprint density at radius 2 is 1.59 bits per heavy atom. The van der Waals surface area contributed by atoms with Gasteiger partial charge in [0.05, 0.1) is 0 Å². The maximum atomic E-state index is 13.6. The first-order valence-corrected chi connectivity index (χ1v) is 11.5. The predicted molar refractivity (Wildman–Crippen MR) is 128 cm³/mol. The minimum Gasteiger partial charge on any atom is -0.711 e. The van der Waals surface area contributed by atoms with E-state index in [0.29, 0.717) is 16.1 Å². The Morgan fingerprint density at radius 1 is 0.973 bits per heavy atom. The summed E-state index contributed by atoms with van der Waals surface area (Å²) in [5, 5.41) is 13.6. The number of imidazole rings is 1. The Kier molecular flexibility index (Phi) is 6.97. The highest BCUT2D eigenvalue weighted by atomic mass is 19.3. The van der Waals surface area contributed by atoms with E-state index in [1.807, 2.05) is 30.3 Å². The standard InChI is InChI=1S/C26H26F2N4O5/c1-15-16(2)32(36)22(31(15)14-17-9-6-5-7-10-17)20(18-11-8-12-19(13-18)37-25(27)28)21-23(33)29(3)26(35)30(4)24(21)34/h5-13,20-21,25H,14H2,1-4H3/t20-/m1/s1. The number of rotatable bonds is 7. The van der Waals surface area contributed by atoms with Gasteiger partial charge in [-0.15, -0.1) is 0 Å². The van der Waals surface area contributed by atoms with Crippen molar-refractivity contribution in [2.24, 2.45) is 5.92 Å². The van der Waals surface area contributed by atoms with E-state index in [2.05, 4.69) is 4.74 Å². The van der Waals surface area contributed by atoms with E-state index in [1.165, 1.54) is 38.4 Å². The number of urea groups is 1. The Hall–Kier alpha value is -4.28. The number of imide groups is 2. The van der Waals surface area contributed by atoms with E-state index in [-0.39, 0.29) is 23.7 Å². The van der Waals surface area contributed by atoms with Crippen molar-refractivity contribution in [3.05, 3.63) is 88.1 Å². The van der Waals surface area contributed by atoms with Gasteiger partial charge in [-0.3, -0.25) is 19.4 Å². The second-order valence-electron chi connectivity index (χ2n) is 8.88. The topological polar surface area (TPSA) is 98.8 Å². The van der Waals surface area contributed by atoms with Gasteiger partial charge < -0.3 is 9.94 Å². The number of hydrogen-bond donors (Lipinski definition) is 0. The molecule has 1 aromatic heterocycles. The van der Waals surface area contributed by atoms with Gasteiger partial charge in [-0.2, -0.15) is 8.78 Å². The van der Waals surface area contributed by atoms with Crippen LogP contribution in [0.15, 0.2) is 54.6 Å². The van der Waals surface area contributed by atoms with Gasteiger partial charge in [0.1, 0.15) is 35.5 Å². The number of nitrogens with zero attached hydrogens (tertiary/aromatic N) is 4. The second kappa shape index (κ2) is 10.00. The molecule has 0 aliphatic carbocycles. The molecule has 0 radical (unpaired) electrons. The smallest absolute Gasteiger partial charge is 0.387 e. The van der Waals surface area contributed by atoms with Crippen molar-refractivity contribution in [3.8, 4) is 5.75 Å². The third kappa shape index (κ3) is 4.64. The number of carbonyl (C=O) groups excluding carboxylic acids is 3. The molecular formula is C26H26F2N4O5. The largest absolute Gasteiger partial charge is 0.711 e. The SMILES string of the molecule is Cc1c(C)[n+]([O-])c([C@H](c2cccc(OC(F)F)c2)C2C(=O)N(C)C(=O)N(C)C2=O)n1Cc1ccccc1. The molecule has 3 aromatic rings. The molecule has 1 atom stereocenters. The Labute approximate surface area is 212 Å². The number of carbonyl (C=O) groups is 3. The molecule has 0 bridgehead atoms. The second-order valence-corrected chi connectivity index (χ2v) is 8.88. The van der Waals surface area contributed by atoms with Crippen LogP contribution in [0.3, 0.4) is 0 Å². The minimum atomic E-state index is -3.10. The first-order chi connectivity index (χ1) is 17.5. The molecule has 4 rings (SSSR count). The van der Waals surface area contributed by atoms with Crippen LogP contribution < -0.4 is 9.47 Å². The average Bonchev–Trinajstić information content (AvgIpc) is 3.08. The molecule has 2 aromatic carbocycles. The molecule has 37 heavy (non-hydrogen) atoms. The van der Waals surface area contributed by atoms with Crippen molar-refractivity contribution in [3.63, 3.8) is 0 Å². The normalized spacial score (nSPS) is 15.6. The van der Waals surface area contributed by atoms with Crippen molar-refractivity contribution in [1.82, 2.24) is 14.4 Å². The third-order valence-corrected chi connectivity index (χ3v) is 6.72. The number of alkyl halides is 2. The molecule has 0 N–H and O–H groups in total. The zero-order chi connectivity index (χ0) is 27.0. The molecule has 1 aliphatic heterocycles. The molecule has 0 saturated carbocycles. The Morgan fingerprint density at radius 3 is 2.19 bits per heavy atom. The summed E-state index contributed by atoms with van der Waals surface area (Å²) in [6, 6.07) is 14.0. The van der Waals surface area contributed by atoms with Crippen LogP contribution in [0.4, 0.5) is 13.6 Å². The van der Waals surface area contributed by atoms with Crippen LogP contribution in [0.2, 0.25) is 0 Å². The monoisotopic (exact) mass is 512 g/mol. The van der Waals surface area contributed by atoms with E-state index in [4.69, 9.17) is 0 Å². The number of hydrogen-bond acceptors (Lipinski definition) is 5. The van der Waals surface area contributed by atoms with Gasteiger partial charge >= 0.3 is 12.6 Å². The van der Waals surface area contributed by atoms with Crippen LogP contribution in [0.5, 0.6) is 5.75 Å². The maximum absolute atomic E-state index is 13.6. The Bertz CT molecular complexity index is 1330. The number of ether oxygens (including phenoxy) is 1. The molecule has 0 spiro atoms. The van der Waals surface area contributed by atoms with Gasteiger partial charge in [0.2, 0.25) is 11.8 Å². The number of barbiturate groups is 1. The van der Waals surface area contributed by atoms with E-state index in [0.717, 1.165) is 15.4 Å². The van der Waals surface area contributed by atoms with Gasteiger partial charge in [0, 0.05) is 27.9 Å². The molecule has 1 saturated heterocycles. The van der Waals surface area contributed by atoms with E-state index < -0.39 is 36.3 Å². The molecular weight excluding hydrogens is 486 g/mol. The number of halogens is 2. The molecule has 9 nitrogen and oxygen atoms in total. The summed E-state index contributed by atoms with van der Waals surface area (Å²) >= 11 is 0. The fourth-order valence-corrected chi connectivity index (χ4v) is 4.65. The van der Waals surface area contributed by atoms with Crippen molar-refractivity contribution in [2.75, 3.05) is 14.1 Å². The molecule has 1 fully saturated rings. The molecule has 4 amide bonds. The van der Waals surface area contributed by atoms with Gasteiger partial charge in [-0.25, -0.2) is 14.1 Å². The summed E-state index contributed by atoms with van der Waals surface area (Å²) in [4.78, 5) is 40.9. The number of benzene rings is 2. The summed E-state index contributed by atoms with van der Waals surface area (Å²) in [6.07, 6.45) is 0. The lowest BCUT2D eigenvalue weighted by Gasteiger charge is -2.36. The lowest BCUT2D eigenvalue weighted by molar-refractivity contribution is -0.621. The highest BCUT2D eigenvalue weighted by Gasteiger charge is 2.51. The molecule has 11 heteroatoms. The third-order valence-electron chi connectivity index (χ3n) is 6.72. The van der Waals surface area contributed by atoms with Crippen molar-refractivity contribution >= 4 is 17.8 Å². The number of aromatic nitrogens is 2. The highest BCUT2D eigenvalue weighted by Crippen LogP contribution is 2.38. The summed E-state index contributed by atoms with van der Waals surface area (Å²) < 4.78 is 32.9. The molecule has 1 aliphatic rings. The van der Waals surface area contributed by atoms with Crippen LogP contribution >= 0.6 is 0 Å². The quantitative estimate of drug-likeness (QED) is 0.275. The first-order valence-electron chi connectivity index (χ1n) is 11.5. The fourth-order valence-electron chi connectivity index (χ4n) is 4.65. The van der Waals surface area contributed by atoms with Crippen molar-refractivity contribution in [1.29, 1.82) is 0 Å². The summed E-state index contributed by atoms with van der Waals surface area (Å²) in [5.74, 6) is -4.46. The van der Waals surface area contributed by atoms with Gasteiger partial charge in [0.25, 0.3) is 5.82 Å². The zero-order valence-corrected chi connectivity index (χ0v) is 20.7. The van der Waals surface area contributed by atoms with E-state index in [9.17, 15) is 28.4 Å². The maximum Gasteiger partial charge on any atom is 0.387 e. The average molecular weight is 513 g/mol. The first kappa shape index (κ1) is 25.8. The van der Waals surface area contributed by atoms with E-state index in [1.54, 1.807) is 18.4 Å². The summed E-state index contributed by atoms with van der Waals surface area (Å²) in [7, 11) is 2.50. The van der Waals surface area contributed by atoms with Crippen LogP contribution in [0, 0.1) is 25.0 Å².